The molecule has 6 nitrogen and oxygen atoms in total. The predicted octanol–water partition coefficient (Wildman–Crippen LogP) is 2.38. The largest absolute Gasteiger partial charge is 0.484 e. The molecule has 1 aliphatic rings. The van der Waals surface area contributed by atoms with Crippen molar-refractivity contribution in [1.29, 1.82) is 0 Å². The van der Waals surface area contributed by atoms with Crippen LogP contribution >= 0.6 is 0 Å². The fourth-order valence-electron chi connectivity index (χ4n) is 2.58. The maximum Gasteiger partial charge on any atom is 0.410 e. The Morgan fingerprint density at radius 1 is 1.12 bits per heavy atom. The predicted molar refractivity (Wildman–Crippen MR) is 92.2 cm³/mol. The van der Waals surface area contributed by atoms with E-state index >= 15 is 0 Å². The van der Waals surface area contributed by atoms with Crippen LogP contribution in [0.3, 0.4) is 0 Å². The van der Waals surface area contributed by atoms with Gasteiger partial charge in [0.15, 0.2) is 6.61 Å². The van der Waals surface area contributed by atoms with Crippen LogP contribution in [-0.4, -0.2) is 43.1 Å². The molecular weight excluding hydrogens is 320 g/mol. The van der Waals surface area contributed by atoms with Crippen molar-refractivity contribution in [2.75, 3.05) is 26.2 Å². The highest BCUT2D eigenvalue weighted by Crippen LogP contribution is 2.25. The van der Waals surface area contributed by atoms with E-state index in [4.69, 9.17) is 9.47 Å². The zero-order valence-electron chi connectivity index (χ0n) is 13.8. The third-order valence-corrected chi connectivity index (χ3v) is 3.88. The first-order chi connectivity index (χ1) is 12.2. The van der Waals surface area contributed by atoms with Crippen LogP contribution in [0.5, 0.6) is 5.75 Å². The molecule has 1 heterocycles. The number of cyclic esters (lactones) is 1. The Morgan fingerprint density at radius 2 is 1.80 bits per heavy atom. The molecule has 1 atom stereocenters. The first kappa shape index (κ1) is 16.8. The zero-order chi connectivity index (χ0) is 17.5. The SMILES string of the molecule is O=C(COc1ccccc1)NCCN1CC(c2ccccc2)OC1=O. The average molecular weight is 340 g/mol. The summed E-state index contributed by atoms with van der Waals surface area (Å²) in [6, 6.07) is 18.8. The Hall–Kier alpha value is -3.02. The molecule has 2 aromatic rings. The summed E-state index contributed by atoms with van der Waals surface area (Å²) in [7, 11) is 0. The Labute approximate surface area is 146 Å². The van der Waals surface area contributed by atoms with Crippen molar-refractivity contribution in [2.45, 2.75) is 6.10 Å². The van der Waals surface area contributed by atoms with E-state index in [9.17, 15) is 9.59 Å². The van der Waals surface area contributed by atoms with Crippen LogP contribution in [0.1, 0.15) is 11.7 Å². The lowest BCUT2D eigenvalue weighted by molar-refractivity contribution is -0.123. The summed E-state index contributed by atoms with van der Waals surface area (Å²) in [5.74, 6) is 0.419. The number of hydrogen-bond acceptors (Lipinski definition) is 4. The maximum atomic E-state index is 11.9. The molecule has 6 heteroatoms. The highest BCUT2D eigenvalue weighted by molar-refractivity contribution is 5.77. The summed E-state index contributed by atoms with van der Waals surface area (Å²) < 4.78 is 10.7. The van der Waals surface area contributed by atoms with Crippen molar-refractivity contribution in [1.82, 2.24) is 10.2 Å². The van der Waals surface area contributed by atoms with Gasteiger partial charge in [-0.1, -0.05) is 48.5 Å². The summed E-state index contributed by atoms with van der Waals surface area (Å²) in [5.41, 5.74) is 0.971. The van der Waals surface area contributed by atoms with E-state index < -0.39 is 0 Å². The van der Waals surface area contributed by atoms with Crippen molar-refractivity contribution in [3.8, 4) is 5.75 Å². The number of para-hydroxylation sites is 1. The molecule has 0 aliphatic carbocycles. The second-order valence-corrected chi connectivity index (χ2v) is 5.68. The molecule has 0 bridgehead atoms. The Kier molecular flexibility index (Phi) is 5.51. The number of ether oxygens (including phenoxy) is 2. The molecule has 25 heavy (non-hydrogen) atoms. The van der Waals surface area contributed by atoms with E-state index in [1.165, 1.54) is 0 Å². The van der Waals surface area contributed by atoms with E-state index in [-0.39, 0.29) is 24.7 Å². The van der Waals surface area contributed by atoms with Gasteiger partial charge in [-0.2, -0.15) is 0 Å². The maximum absolute atomic E-state index is 11.9. The summed E-state index contributed by atoms with van der Waals surface area (Å²) >= 11 is 0. The van der Waals surface area contributed by atoms with E-state index in [2.05, 4.69) is 5.32 Å². The van der Waals surface area contributed by atoms with Gasteiger partial charge >= 0.3 is 6.09 Å². The number of carbonyl (C=O) groups excluding carboxylic acids is 2. The van der Waals surface area contributed by atoms with Crippen molar-refractivity contribution in [3.63, 3.8) is 0 Å². The van der Waals surface area contributed by atoms with Gasteiger partial charge in [0.05, 0.1) is 6.54 Å². The summed E-state index contributed by atoms with van der Waals surface area (Å²) in [6.07, 6.45) is -0.616. The molecule has 2 aromatic carbocycles. The summed E-state index contributed by atoms with van der Waals surface area (Å²) in [5, 5.41) is 2.74. The van der Waals surface area contributed by atoms with Crippen LogP contribution in [0.25, 0.3) is 0 Å². The second kappa shape index (κ2) is 8.19. The third kappa shape index (κ3) is 4.73. The fourth-order valence-corrected chi connectivity index (χ4v) is 2.58. The zero-order valence-corrected chi connectivity index (χ0v) is 13.8. The van der Waals surface area contributed by atoms with E-state index in [0.29, 0.717) is 25.4 Å². The quantitative estimate of drug-likeness (QED) is 0.840. The number of hydrogen-bond donors (Lipinski definition) is 1. The Bertz CT molecular complexity index is 706. The molecule has 0 radical (unpaired) electrons. The van der Waals surface area contributed by atoms with E-state index in [0.717, 1.165) is 5.56 Å². The van der Waals surface area contributed by atoms with Crippen molar-refractivity contribution >= 4 is 12.0 Å². The van der Waals surface area contributed by atoms with Gasteiger partial charge in [-0.15, -0.1) is 0 Å². The summed E-state index contributed by atoms with van der Waals surface area (Å²) in [4.78, 5) is 25.3. The van der Waals surface area contributed by atoms with Crippen molar-refractivity contribution in [2.24, 2.45) is 0 Å². The molecule has 0 spiro atoms. The highest BCUT2D eigenvalue weighted by Gasteiger charge is 2.31. The van der Waals surface area contributed by atoms with Crippen LogP contribution in [0, 0.1) is 0 Å². The van der Waals surface area contributed by atoms with Crippen LogP contribution in [0.4, 0.5) is 4.79 Å². The molecule has 3 rings (SSSR count). The molecule has 0 saturated carbocycles. The molecule has 1 fully saturated rings. The molecule has 1 saturated heterocycles. The number of nitrogens with one attached hydrogen (secondary N) is 1. The van der Waals surface area contributed by atoms with Gasteiger partial charge in [0.25, 0.3) is 5.91 Å². The first-order valence-corrected chi connectivity index (χ1v) is 8.17. The molecular formula is C19H20N2O4. The van der Waals surface area contributed by atoms with Crippen LogP contribution in [0.15, 0.2) is 60.7 Å². The topological polar surface area (TPSA) is 67.9 Å². The normalized spacial score (nSPS) is 16.4. The third-order valence-electron chi connectivity index (χ3n) is 3.88. The molecule has 1 N–H and O–H groups in total. The molecule has 1 unspecified atom stereocenters. The van der Waals surface area contributed by atoms with Crippen LogP contribution < -0.4 is 10.1 Å². The van der Waals surface area contributed by atoms with Crippen molar-refractivity contribution in [3.05, 3.63) is 66.2 Å². The molecule has 2 amide bonds. The van der Waals surface area contributed by atoms with Gasteiger partial charge in [-0.25, -0.2) is 4.79 Å². The Balaban J connectivity index is 1.38. The monoisotopic (exact) mass is 340 g/mol. The number of benzene rings is 2. The molecule has 0 aromatic heterocycles. The lowest BCUT2D eigenvalue weighted by atomic mass is 10.1. The standard InChI is InChI=1S/C19H20N2O4/c22-18(14-24-16-9-5-2-6-10-16)20-11-12-21-13-17(25-19(21)23)15-7-3-1-4-8-15/h1-10,17H,11-14H2,(H,20,22). The smallest absolute Gasteiger partial charge is 0.410 e. The van der Waals surface area contributed by atoms with Crippen LogP contribution in [0.2, 0.25) is 0 Å². The van der Waals surface area contributed by atoms with E-state index in [1.54, 1.807) is 17.0 Å². The van der Waals surface area contributed by atoms with Crippen molar-refractivity contribution < 1.29 is 19.1 Å². The number of carbonyl (C=O) groups is 2. The minimum atomic E-state index is -0.358. The van der Waals surface area contributed by atoms with E-state index in [1.807, 2.05) is 48.5 Å². The average Bonchev–Trinajstić information content (AvgIpc) is 3.02. The van der Waals surface area contributed by atoms with Gasteiger partial charge in [-0.05, 0) is 17.7 Å². The summed E-state index contributed by atoms with van der Waals surface area (Å²) in [6.45, 7) is 1.19. The highest BCUT2D eigenvalue weighted by atomic mass is 16.6. The molecule has 130 valence electrons. The lowest BCUT2D eigenvalue weighted by Gasteiger charge is -2.13. The number of amides is 2. The minimum absolute atomic E-state index is 0.0545. The van der Waals surface area contributed by atoms with Gasteiger partial charge in [0.1, 0.15) is 11.9 Å². The molecule has 1 aliphatic heterocycles. The Morgan fingerprint density at radius 3 is 2.52 bits per heavy atom. The van der Waals surface area contributed by atoms with Crippen LogP contribution in [-0.2, 0) is 9.53 Å². The van der Waals surface area contributed by atoms with Gasteiger partial charge < -0.3 is 19.7 Å². The lowest BCUT2D eigenvalue weighted by Crippen LogP contribution is -2.37. The first-order valence-electron chi connectivity index (χ1n) is 8.17. The van der Waals surface area contributed by atoms with Gasteiger partial charge in [0, 0.05) is 13.1 Å². The van der Waals surface area contributed by atoms with Gasteiger partial charge in [-0.3, -0.25) is 4.79 Å². The fraction of sp³-hybridized carbons (Fsp3) is 0.263. The number of nitrogens with zero attached hydrogens (tertiary/aromatic N) is 1. The number of rotatable bonds is 7. The second-order valence-electron chi connectivity index (χ2n) is 5.68. The minimum Gasteiger partial charge on any atom is -0.484 e. The van der Waals surface area contributed by atoms with Gasteiger partial charge in [0.2, 0.25) is 0 Å².